The molecule has 0 amide bonds. The molecule has 0 saturated heterocycles. The number of hydrogen-bond donors (Lipinski definition) is 1. The molecule has 0 fully saturated rings. The molecule has 112 valence electrons. The second-order valence-corrected chi connectivity index (χ2v) is 3.65. The van der Waals surface area contributed by atoms with E-state index < -0.39 is 0 Å². The van der Waals surface area contributed by atoms with Gasteiger partial charge in [0.25, 0.3) is 5.96 Å². The molecule has 2 N–H and O–H groups in total. The summed E-state index contributed by atoms with van der Waals surface area (Å²) in [6.45, 7) is 0. The maximum absolute atomic E-state index is 5.89. The molecular weight excluding hydrogens is 264 g/mol. The van der Waals surface area contributed by atoms with Gasteiger partial charge in [-0.1, -0.05) is 11.3 Å². The molecule has 0 atom stereocenters. The highest BCUT2D eigenvalue weighted by Crippen LogP contribution is 2.33. The Kier molecular flexibility index (Phi) is 5.88. The van der Waals surface area contributed by atoms with Gasteiger partial charge in [-0.05, 0) is 17.3 Å². The molecule has 20 heavy (non-hydrogen) atoms. The van der Waals surface area contributed by atoms with Gasteiger partial charge in [-0.25, -0.2) is 9.68 Å². The van der Waals surface area contributed by atoms with Crippen molar-refractivity contribution in [1.29, 1.82) is 0 Å². The molecule has 0 aliphatic heterocycles. The third-order valence-electron chi connectivity index (χ3n) is 2.56. The van der Waals surface area contributed by atoms with E-state index in [1.807, 2.05) is 6.07 Å². The molecular formula is C12H20N4O4. The van der Waals surface area contributed by atoms with Crippen molar-refractivity contribution in [3.8, 4) is 5.75 Å². The van der Waals surface area contributed by atoms with Gasteiger partial charge in [0.05, 0.1) is 32.7 Å². The number of methoxy groups -OCH3 is 1. The van der Waals surface area contributed by atoms with Crippen LogP contribution in [0.15, 0.2) is 23.4 Å². The molecule has 0 unspecified atom stereocenters. The first-order chi connectivity index (χ1) is 9.60. The molecule has 0 aliphatic rings. The number of rotatable bonds is 5. The minimum Gasteiger partial charge on any atom is -0.492 e. The number of hydrogen-bond acceptors (Lipinski definition) is 6. The van der Waals surface area contributed by atoms with E-state index in [1.165, 1.54) is 21.3 Å². The van der Waals surface area contributed by atoms with Crippen LogP contribution < -0.4 is 15.4 Å². The molecule has 1 aromatic carbocycles. The van der Waals surface area contributed by atoms with E-state index in [-0.39, 0.29) is 5.96 Å². The lowest BCUT2D eigenvalue weighted by atomic mass is 10.2. The van der Waals surface area contributed by atoms with Crippen molar-refractivity contribution >= 4 is 17.3 Å². The predicted molar refractivity (Wildman–Crippen MR) is 76.1 cm³/mol. The lowest BCUT2D eigenvalue weighted by Gasteiger charge is -2.28. The number of guanidine groups is 1. The molecule has 1 rings (SSSR count). The van der Waals surface area contributed by atoms with E-state index in [9.17, 15) is 0 Å². The predicted octanol–water partition coefficient (Wildman–Crippen LogP) is 1.06. The summed E-state index contributed by atoms with van der Waals surface area (Å²) in [5, 5.41) is 4.96. The third kappa shape index (κ3) is 3.22. The standard InChI is InChI=1S/C12H20N4O4/c1-15(12(14-18-3)16(19-4)20-5)10-8-6-7-9(13)11(10)17-2/h6-8H,13H2,1-5H3/b14-12-. The molecule has 0 aliphatic carbocycles. The van der Waals surface area contributed by atoms with Crippen LogP contribution in [0, 0.1) is 0 Å². The Morgan fingerprint density at radius 2 is 1.80 bits per heavy atom. The number of para-hydroxylation sites is 1. The van der Waals surface area contributed by atoms with Crippen LogP contribution in [0.1, 0.15) is 0 Å². The first-order valence-electron chi connectivity index (χ1n) is 5.76. The largest absolute Gasteiger partial charge is 0.492 e. The van der Waals surface area contributed by atoms with E-state index in [0.717, 1.165) is 5.23 Å². The number of anilines is 2. The maximum atomic E-state index is 5.89. The van der Waals surface area contributed by atoms with Crippen molar-refractivity contribution in [1.82, 2.24) is 5.23 Å². The second kappa shape index (κ2) is 7.41. The van der Waals surface area contributed by atoms with E-state index in [0.29, 0.717) is 17.1 Å². The minimum absolute atomic E-state index is 0.265. The van der Waals surface area contributed by atoms with Crippen molar-refractivity contribution < 1.29 is 19.2 Å². The minimum atomic E-state index is 0.265. The van der Waals surface area contributed by atoms with Crippen molar-refractivity contribution in [2.45, 2.75) is 0 Å². The first kappa shape index (κ1) is 15.9. The Bertz CT molecular complexity index is 463. The number of oxime groups is 1. The van der Waals surface area contributed by atoms with Gasteiger partial charge in [0.2, 0.25) is 0 Å². The van der Waals surface area contributed by atoms with Crippen LogP contribution in [-0.2, 0) is 14.5 Å². The summed E-state index contributed by atoms with van der Waals surface area (Å²) in [6.07, 6.45) is 0. The van der Waals surface area contributed by atoms with Crippen LogP contribution in [0.25, 0.3) is 0 Å². The zero-order valence-electron chi connectivity index (χ0n) is 12.3. The summed E-state index contributed by atoms with van der Waals surface area (Å²) in [4.78, 5) is 16.6. The number of ether oxygens (including phenoxy) is 1. The third-order valence-corrected chi connectivity index (χ3v) is 2.56. The van der Waals surface area contributed by atoms with E-state index in [1.54, 1.807) is 31.2 Å². The average Bonchev–Trinajstić information content (AvgIpc) is 2.46. The quantitative estimate of drug-likeness (QED) is 0.374. The van der Waals surface area contributed by atoms with Crippen LogP contribution in [0.4, 0.5) is 11.4 Å². The van der Waals surface area contributed by atoms with Gasteiger partial charge < -0.3 is 20.2 Å². The first-order valence-corrected chi connectivity index (χ1v) is 5.76. The zero-order valence-corrected chi connectivity index (χ0v) is 12.3. The summed E-state index contributed by atoms with van der Waals surface area (Å²) in [7, 11) is 7.60. The van der Waals surface area contributed by atoms with Crippen molar-refractivity contribution in [2.24, 2.45) is 5.16 Å². The Morgan fingerprint density at radius 3 is 2.30 bits per heavy atom. The molecule has 0 radical (unpaired) electrons. The Morgan fingerprint density at radius 1 is 1.15 bits per heavy atom. The van der Waals surface area contributed by atoms with Gasteiger partial charge in [-0.2, -0.15) is 0 Å². The summed E-state index contributed by atoms with van der Waals surface area (Å²) in [5.41, 5.74) is 7.08. The Hall–Kier alpha value is -2.19. The lowest BCUT2D eigenvalue weighted by molar-refractivity contribution is -0.289. The highest BCUT2D eigenvalue weighted by Gasteiger charge is 2.22. The van der Waals surface area contributed by atoms with E-state index >= 15 is 0 Å². The average molecular weight is 284 g/mol. The normalized spacial score (nSPS) is 11.2. The maximum Gasteiger partial charge on any atom is 0.294 e. The molecule has 1 aromatic rings. The van der Waals surface area contributed by atoms with Crippen LogP contribution in [0.5, 0.6) is 5.75 Å². The number of nitrogens with two attached hydrogens (primary N) is 1. The number of benzene rings is 1. The van der Waals surface area contributed by atoms with Crippen LogP contribution >= 0.6 is 0 Å². The molecule has 0 heterocycles. The number of nitrogen functional groups attached to an aromatic ring is 1. The molecule has 0 aromatic heterocycles. The van der Waals surface area contributed by atoms with Crippen molar-refractivity contribution in [3.63, 3.8) is 0 Å². The number of nitrogens with zero attached hydrogens (tertiary/aromatic N) is 3. The lowest BCUT2D eigenvalue weighted by Crippen LogP contribution is -2.41. The van der Waals surface area contributed by atoms with E-state index in [4.69, 9.17) is 25.0 Å². The summed E-state index contributed by atoms with van der Waals surface area (Å²) >= 11 is 0. The molecule has 0 bridgehead atoms. The van der Waals surface area contributed by atoms with Gasteiger partial charge in [-0.3, -0.25) is 0 Å². The Balaban J connectivity index is 3.23. The van der Waals surface area contributed by atoms with E-state index in [2.05, 4.69) is 5.16 Å². The van der Waals surface area contributed by atoms with Gasteiger partial charge in [0.15, 0.2) is 5.75 Å². The summed E-state index contributed by atoms with van der Waals surface area (Å²) in [5.74, 6) is 0.785. The van der Waals surface area contributed by atoms with Gasteiger partial charge in [0.1, 0.15) is 7.11 Å². The molecule has 0 spiro atoms. The van der Waals surface area contributed by atoms with Crippen molar-refractivity contribution in [3.05, 3.63) is 18.2 Å². The highest BCUT2D eigenvalue weighted by molar-refractivity contribution is 5.96. The van der Waals surface area contributed by atoms with Gasteiger partial charge >= 0.3 is 0 Å². The highest BCUT2D eigenvalue weighted by atomic mass is 16.9. The van der Waals surface area contributed by atoms with Gasteiger partial charge in [-0.15, -0.1) is 0 Å². The smallest absolute Gasteiger partial charge is 0.294 e. The fourth-order valence-electron chi connectivity index (χ4n) is 1.67. The topological polar surface area (TPSA) is 81.8 Å². The summed E-state index contributed by atoms with van der Waals surface area (Å²) < 4.78 is 5.31. The fourth-order valence-corrected chi connectivity index (χ4v) is 1.67. The second-order valence-electron chi connectivity index (χ2n) is 3.65. The molecule has 0 saturated carbocycles. The fraction of sp³-hybridized carbons (Fsp3) is 0.417. The zero-order chi connectivity index (χ0) is 15.1. The SMILES string of the molecule is CO/N=C(\N(OC)OC)N(C)c1cccc(N)c1OC. The van der Waals surface area contributed by atoms with Crippen LogP contribution in [0.2, 0.25) is 0 Å². The molecule has 8 heteroatoms. The molecule has 8 nitrogen and oxygen atoms in total. The van der Waals surface area contributed by atoms with Crippen molar-refractivity contribution in [2.75, 3.05) is 46.1 Å². The van der Waals surface area contributed by atoms with Crippen LogP contribution in [0.3, 0.4) is 0 Å². The van der Waals surface area contributed by atoms with Gasteiger partial charge in [0, 0.05) is 7.05 Å². The summed E-state index contributed by atoms with van der Waals surface area (Å²) in [6, 6.07) is 5.37. The Labute approximate surface area is 118 Å². The van der Waals surface area contributed by atoms with Crippen LogP contribution in [-0.4, -0.2) is 46.7 Å². The number of hydroxylamine groups is 2. The monoisotopic (exact) mass is 284 g/mol.